The molecule has 0 bridgehead atoms. The maximum Gasteiger partial charge on any atom is 0.273 e. The van der Waals surface area contributed by atoms with Crippen molar-refractivity contribution in [1.29, 1.82) is 0 Å². The molecule has 3 heteroatoms. The number of hydrogen-bond acceptors (Lipinski definition) is 1. The fourth-order valence-electron chi connectivity index (χ4n) is 0.893. The maximum absolute atomic E-state index is 12.5. The van der Waals surface area contributed by atoms with Gasteiger partial charge in [0.1, 0.15) is 6.10 Å². The minimum atomic E-state index is -2.59. The van der Waals surface area contributed by atoms with Gasteiger partial charge in [0.15, 0.2) is 0 Å². The van der Waals surface area contributed by atoms with Crippen LogP contribution < -0.4 is 0 Å². The van der Waals surface area contributed by atoms with Crippen molar-refractivity contribution in [3.05, 3.63) is 0 Å². The Kier molecular flexibility index (Phi) is 1.70. The van der Waals surface area contributed by atoms with Gasteiger partial charge in [-0.1, -0.05) is 0 Å². The van der Waals surface area contributed by atoms with Crippen molar-refractivity contribution in [3.8, 4) is 0 Å². The number of alkyl halides is 2. The molecule has 1 unspecified atom stereocenters. The fraction of sp³-hybridized carbons (Fsp3) is 1.00. The van der Waals surface area contributed by atoms with Gasteiger partial charge in [-0.2, -0.15) is 0 Å². The summed E-state index contributed by atoms with van der Waals surface area (Å²) in [5.41, 5.74) is 0. The highest BCUT2D eigenvalue weighted by Gasteiger charge is 2.39. The van der Waals surface area contributed by atoms with Gasteiger partial charge in [-0.05, 0) is 13.3 Å². The Morgan fingerprint density at radius 3 is 2.56 bits per heavy atom. The lowest BCUT2D eigenvalue weighted by molar-refractivity contribution is -0.162. The summed E-state index contributed by atoms with van der Waals surface area (Å²) in [7, 11) is 0. The van der Waals surface area contributed by atoms with E-state index in [-0.39, 0.29) is 6.42 Å². The normalized spacial score (nSPS) is 34.3. The zero-order valence-corrected chi connectivity index (χ0v) is 5.36. The van der Waals surface area contributed by atoms with Gasteiger partial charge in [-0.3, -0.25) is 0 Å². The van der Waals surface area contributed by atoms with Crippen LogP contribution in [-0.2, 0) is 4.74 Å². The molecule has 9 heavy (non-hydrogen) atoms. The molecule has 1 saturated heterocycles. The summed E-state index contributed by atoms with van der Waals surface area (Å²) in [5.74, 6) is -2.59. The van der Waals surface area contributed by atoms with E-state index in [1.54, 1.807) is 0 Å². The molecule has 1 atom stereocenters. The molecule has 1 heterocycles. The van der Waals surface area contributed by atoms with E-state index in [4.69, 9.17) is 4.74 Å². The van der Waals surface area contributed by atoms with Gasteiger partial charge in [0, 0.05) is 13.0 Å². The predicted octanol–water partition coefficient (Wildman–Crippen LogP) is 1.82. The summed E-state index contributed by atoms with van der Waals surface area (Å²) in [5, 5.41) is 0. The average molecular weight is 136 g/mol. The topological polar surface area (TPSA) is 9.23 Å². The van der Waals surface area contributed by atoms with Crippen molar-refractivity contribution < 1.29 is 13.5 Å². The van der Waals surface area contributed by atoms with Crippen LogP contribution in [0.2, 0.25) is 0 Å². The molecule has 1 rings (SSSR count). The van der Waals surface area contributed by atoms with Crippen LogP contribution >= 0.6 is 0 Å². The lowest BCUT2D eigenvalue weighted by Gasteiger charge is -2.28. The molecule has 54 valence electrons. The van der Waals surface area contributed by atoms with Crippen molar-refractivity contribution in [2.45, 2.75) is 31.8 Å². The van der Waals surface area contributed by atoms with Gasteiger partial charge >= 0.3 is 0 Å². The van der Waals surface area contributed by atoms with Crippen molar-refractivity contribution >= 4 is 0 Å². The van der Waals surface area contributed by atoms with E-state index in [2.05, 4.69) is 0 Å². The van der Waals surface area contributed by atoms with Crippen LogP contribution in [-0.4, -0.2) is 18.6 Å². The molecule has 0 aromatic heterocycles. The summed E-state index contributed by atoms with van der Waals surface area (Å²) in [4.78, 5) is 0. The lowest BCUT2D eigenvalue weighted by atomic mass is 10.1. The summed E-state index contributed by atoms with van der Waals surface area (Å²) < 4.78 is 29.7. The molecule has 0 N–H and O–H groups in total. The molecule has 0 amide bonds. The van der Waals surface area contributed by atoms with Gasteiger partial charge < -0.3 is 4.74 Å². The van der Waals surface area contributed by atoms with Crippen LogP contribution in [0.4, 0.5) is 8.78 Å². The smallest absolute Gasteiger partial charge is 0.273 e. The minimum Gasteiger partial charge on any atom is -0.372 e. The van der Waals surface area contributed by atoms with E-state index in [9.17, 15) is 8.78 Å². The monoisotopic (exact) mass is 136 g/mol. The first-order valence-electron chi connectivity index (χ1n) is 3.12. The van der Waals surface area contributed by atoms with E-state index >= 15 is 0 Å². The highest BCUT2D eigenvalue weighted by Crippen LogP contribution is 2.30. The first-order valence-corrected chi connectivity index (χ1v) is 3.12. The third kappa shape index (κ3) is 1.39. The molecular formula is C6H10F2O. The molecule has 0 radical (unpaired) electrons. The first kappa shape index (κ1) is 6.93. The van der Waals surface area contributed by atoms with Gasteiger partial charge in [0.25, 0.3) is 5.92 Å². The summed E-state index contributed by atoms with van der Waals surface area (Å²) in [6.07, 6.45) is -0.419. The van der Waals surface area contributed by atoms with Crippen LogP contribution in [0.5, 0.6) is 0 Å². The van der Waals surface area contributed by atoms with E-state index in [1.165, 1.54) is 6.92 Å². The Bertz CT molecular complexity index is 103. The van der Waals surface area contributed by atoms with Gasteiger partial charge in [0.2, 0.25) is 0 Å². The van der Waals surface area contributed by atoms with Crippen LogP contribution in [0, 0.1) is 0 Å². The molecule has 0 spiro atoms. The van der Waals surface area contributed by atoms with Crippen LogP contribution in [0.25, 0.3) is 0 Å². The van der Waals surface area contributed by atoms with E-state index in [1.807, 2.05) is 0 Å². The largest absolute Gasteiger partial charge is 0.372 e. The predicted molar refractivity (Wildman–Crippen MR) is 29.6 cm³/mol. The fourth-order valence-corrected chi connectivity index (χ4v) is 0.893. The van der Waals surface area contributed by atoms with E-state index in [0.717, 1.165) is 0 Å². The number of halogens is 2. The second kappa shape index (κ2) is 2.21. The Balaban J connectivity index is 2.49. The molecule has 0 aliphatic carbocycles. The Hall–Kier alpha value is -0.180. The van der Waals surface area contributed by atoms with Crippen molar-refractivity contribution in [2.75, 3.05) is 6.61 Å². The highest BCUT2D eigenvalue weighted by atomic mass is 19.3. The van der Waals surface area contributed by atoms with E-state index in [0.29, 0.717) is 13.0 Å². The van der Waals surface area contributed by atoms with Gasteiger partial charge in [0.05, 0.1) is 0 Å². The SMILES string of the molecule is CC1OCCCC1(F)F. The summed E-state index contributed by atoms with van der Waals surface area (Å²) >= 11 is 0. The van der Waals surface area contributed by atoms with Gasteiger partial charge in [-0.25, -0.2) is 8.78 Å². The molecular weight excluding hydrogens is 126 g/mol. The minimum absolute atomic E-state index is 0.0197. The Labute approximate surface area is 53.0 Å². The zero-order chi connectivity index (χ0) is 6.91. The van der Waals surface area contributed by atoms with E-state index < -0.39 is 12.0 Å². The second-order valence-electron chi connectivity index (χ2n) is 2.38. The van der Waals surface area contributed by atoms with Crippen molar-refractivity contribution in [2.24, 2.45) is 0 Å². The summed E-state index contributed by atoms with van der Waals surface area (Å²) in [6.45, 7) is 1.90. The number of rotatable bonds is 0. The molecule has 0 saturated carbocycles. The third-order valence-corrected chi connectivity index (χ3v) is 1.62. The molecule has 1 aliphatic heterocycles. The first-order chi connectivity index (χ1) is 4.13. The Morgan fingerprint density at radius 1 is 1.56 bits per heavy atom. The molecule has 0 aromatic rings. The maximum atomic E-state index is 12.5. The second-order valence-corrected chi connectivity index (χ2v) is 2.38. The van der Waals surface area contributed by atoms with Crippen LogP contribution in [0.3, 0.4) is 0 Å². The van der Waals surface area contributed by atoms with Crippen molar-refractivity contribution in [1.82, 2.24) is 0 Å². The molecule has 1 nitrogen and oxygen atoms in total. The van der Waals surface area contributed by atoms with Crippen molar-refractivity contribution in [3.63, 3.8) is 0 Å². The Morgan fingerprint density at radius 2 is 2.22 bits per heavy atom. The number of ether oxygens (including phenoxy) is 1. The van der Waals surface area contributed by atoms with Crippen LogP contribution in [0.1, 0.15) is 19.8 Å². The van der Waals surface area contributed by atoms with Crippen LogP contribution in [0.15, 0.2) is 0 Å². The highest BCUT2D eigenvalue weighted by molar-refractivity contribution is 4.77. The standard InChI is InChI=1S/C6H10F2O/c1-5-6(7,8)3-2-4-9-5/h5H,2-4H2,1H3. The van der Waals surface area contributed by atoms with Gasteiger partial charge in [-0.15, -0.1) is 0 Å². The average Bonchev–Trinajstić information content (AvgIpc) is 1.77. The third-order valence-electron chi connectivity index (χ3n) is 1.62. The lowest BCUT2D eigenvalue weighted by Crippen LogP contribution is -2.37. The molecule has 1 aliphatic rings. The molecule has 1 fully saturated rings. The molecule has 0 aromatic carbocycles. The summed E-state index contributed by atoms with van der Waals surface area (Å²) in [6, 6.07) is 0. The quantitative estimate of drug-likeness (QED) is 0.493. The number of hydrogen-bond donors (Lipinski definition) is 0. The zero-order valence-electron chi connectivity index (χ0n) is 5.36.